The number of para-hydroxylation sites is 1. The minimum absolute atomic E-state index is 0.0545. The van der Waals surface area contributed by atoms with Crippen molar-refractivity contribution in [2.45, 2.75) is 18.6 Å². The minimum Gasteiger partial charge on any atom is -0.378 e. The lowest BCUT2D eigenvalue weighted by molar-refractivity contribution is 0.0293. The second-order valence-electron chi connectivity index (χ2n) is 6.05. The van der Waals surface area contributed by atoms with E-state index in [4.69, 9.17) is 9.57 Å². The Morgan fingerprint density at radius 2 is 1.67 bits per heavy atom. The molecule has 0 bridgehead atoms. The summed E-state index contributed by atoms with van der Waals surface area (Å²) in [7, 11) is 0. The van der Waals surface area contributed by atoms with Crippen LogP contribution in [0.25, 0.3) is 0 Å². The molecule has 2 fully saturated rings. The monoisotopic (exact) mass is 281 g/mol. The Morgan fingerprint density at radius 3 is 2.38 bits per heavy atom. The number of hydrogen-bond acceptors (Lipinski definition) is 3. The van der Waals surface area contributed by atoms with Crippen molar-refractivity contribution in [3.05, 3.63) is 66.2 Å². The van der Waals surface area contributed by atoms with Crippen LogP contribution in [0.4, 0.5) is 5.69 Å². The first-order valence-electron chi connectivity index (χ1n) is 7.44. The van der Waals surface area contributed by atoms with Gasteiger partial charge in [0.05, 0.1) is 24.4 Å². The van der Waals surface area contributed by atoms with Crippen LogP contribution >= 0.6 is 0 Å². The van der Waals surface area contributed by atoms with Crippen molar-refractivity contribution in [2.24, 2.45) is 5.92 Å². The standard InChI is InChI=1S/C18H19NO2/c1-18-13-20-12-16(18)17(14-8-4-2-5-9-14)21-19(18)15-10-6-3-7-11-15/h2-11,16-17H,12-13H2,1H3/t16-,17-,18-/m1/s1. The molecule has 0 radical (unpaired) electrons. The molecule has 4 rings (SSSR count). The average molecular weight is 281 g/mol. The summed E-state index contributed by atoms with van der Waals surface area (Å²) in [6.07, 6.45) is 0.0545. The van der Waals surface area contributed by atoms with Crippen LogP contribution in [0, 0.1) is 5.92 Å². The summed E-state index contributed by atoms with van der Waals surface area (Å²) >= 11 is 0. The van der Waals surface area contributed by atoms with Gasteiger partial charge in [-0.25, -0.2) is 5.06 Å². The molecule has 2 aromatic rings. The molecule has 0 saturated carbocycles. The summed E-state index contributed by atoms with van der Waals surface area (Å²) in [4.78, 5) is 6.36. The fourth-order valence-electron chi connectivity index (χ4n) is 3.46. The summed E-state index contributed by atoms with van der Waals surface area (Å²) in [5.41, 5.74) is 2.20. The molecule has 0 amide bonds. The first-order chi connectivity index (χ1) is 10.3. The van der Waals surface area contributed by atoms with Crippen molar-refractivity contribution in [2.75, 3.05) is 18.3 Å². The number of hydroxylamine groups is 1. The van der Waals surface area contributed by atoms with Crippen LogP contribution in [0.3, 0.4) is 0 Å². The zero-order chi connectivity index (χ0) is 14.3. The van der Waals surface area contributed by atoms with Crippen LogP contribution in [0.5, 0.6) is 0 Å². The number of nitrogens with zero attached hydrogens (tertiary/aromatic N) is 1. The van der Waals surface area contributed by atoms with Crippen molar-refractivity contribution < 1.29 is 9.57 Å². The van der Waals surface area contributed by atoms with Crippen molar-refractivity contribution in [1.29, 1.82) is 0 Å². The van der Waals surface area contributed by atoms with E-state index < -0.39 is 0 Å². The van der Waals surface area contributed by atoms with Crippen molar-refractivity contribution in [3.8, 4) is 0 Å². The van der Waals surface area contributed by atoms with Gasteiger partial charge in [-0.2, -0.15) is 0 Å². The summed E-state index contributed by atoms with van der Waals surface area (Å²) in [6, 6.07) is 20.7. The maximum atomic E-state index is 6.36. The number of fused-ring (bicyclic) bond motifs is 1. The second-order valence-corrected chi connectivity index (χ2v) is 6.05. The first kappa shape index (κ1) is 12.9. The van der Waals surface area contributed by atoms with Gasteiger partial charge in [0.2, 0.25) is 0 Å². The molecule has 0 aromatic heterocycles. The third kappa shape index (κ3) is 1.96. The molecule has 2 aromatic carbocycles. The highest BCUT2D eigenvalue weighted by Crippen LogP contribution is 2.50. The number of anilines is 1. The van der Waals surface area contributed by atoms with Gasteiger partial charge in [0.1, 0.15) is 6.10 Å². The normalized spacial score (nSPS) is 31.4. The van der Waals surface area contributed by atoms with Gasteiger partial charge in [-0.05, 0) is 24.6 Å². The van der Waals surface area contributed by atoms with E-state index in [2.05, 4.69) is 48.4 Å². The first-order valence-corrected chi connectivity index (χ1v) is 7.44. The van der Waals surface area contributed by atoms with E-state index in [-0.39, 0.29) is 11.6 Å². The molecule has 108 valence electrons. The highest BCUT2D eigenvalue weighted by Gasteiger charge is 2.56. The van der Waals surface area contributed by atoms with E-state index in [0.717, 1.165) is 12.3 Å². The Labute approximate surface area is 125 Å². The largest absolute Gasteiger partial charge is 0.378 e. The van der Waals surface area contributed by atoms with Gasteiger partial charge in [0, 0.05) is 5.92 Å². The Kier molecular flexibility index (Phi) is 2.98. The molecule has 2 aliphatic rings. The molecule has 2 heterocycles. The van der Waals surface area contributed by atoms with Crippen LogP contribution in [-0.4, -0.2) is 18.8 Å². The number of benzene rings is 2. The molecule has 0 aliphatic carbocycles. The minimum atomic E-state index is -0.109. The van der Waals surface area contributed by atoms with Gasteiger partial charge in [-0.15, -0.1) is 0 Å². The molecule has 3 heteroatoms. The van der Waals surface area contributed by atoms with Gasteiger partial charge in [-0.1, -0.05) is 48.5 Å². The van der Waals surface area contributed by atoms with E-state index >= 15 is 0 Å². The maximum absolute atomic E-state index is 6.36. The van der Waals surface area contributed by atoms with Gasteiger partial charge in [0.15, 0.2) is 0 Å². The lowest BCUT2D eigenvalue weighted by atomic mass is 9.83. The van der Waals surface area contributed by atoms with E-state index in [1.807, 2.05) is 24.3 Å². The topological polar surface area (TPSA) is 21.7 Å². The van der Waals surface area contributed by atoms with Gasteiger partial charge in [0.25, 0.3) is 0 Å². The summed E-state index contributed by atoms with van der Waals surface area (Å²) < 4.78 is 5.80. The predicted molar refractivity (Wildman–Crippen MR) is 81.9 cm³/mol. The lowest BCUT2D eigenvalue weighted by Gasteiger charge is -2.32. The summed E-state index contributed by atoms with van der Waals surface area (Å²) in [5.74, 6) is 0.347. The Morgan fingerprint density at radius 1 is 1.00 bits per heavy atom. The molecule has 0 spiro atoms. The van der Waals surface area contributed by atoms with Crippen LogP contribution < -0.4 is 5.06 Å². The highest BCUT2D eigenvalue weighted by atomic mass is 16.7. The number of ether oxygens (including phenoxy) is 1. The molecular weight excluding hydrogens is 262 g/mol. The molecule has 21 heavy (non-hydrogen) atoms. The quantitative estimate of drug-likeness (QED) is 0.839. The Bertz CT molecular complexity index is 616. The van der Waals surface area contributed by atoms with Crippen LogP contribution in [0.2, 0.25) is 0 Å². The number of hydrogen-bond donors (Lipinski definition) is 0. The van der Waals surface area contributed by atoms with Gasteiger partial charge in [-0.3, -0.25) is 4.84 Å². The Hall–Kier alpha value is -1.84. The van der Waals surface area contributed by atoms with Crippen molar-refractivity contribution >= 4 is 5.69 Å². The fraction of sp³-hybridized carbons (Fsp3) is 0.333. The van der Waals surface area contributed by atoms with Crippen molar-refractivity contribution in [1.82, 2.24) is 0 Å². The second kappa shape index (κ2) is 4.86. The summed E-state index contributed by atoms with van der Waals surface area (Å²) in [5, 5.41) is 2.06. The van der Waals surface area contributed by atoms with Gasteiger partial charge < -0.3 is 4.74 Å². The smallest absolute Gasteiger partial charge is 0.118 e. The molecule has 2 saturated heterocycles. The molecule has 0 unspecified atom stereocenters. The molecule has 2 aliphatic heterocycles. The summed E-state index contributed by atoms with van der Waals surface area (Å²) in [6.45, 7) is 3.69. The van der Waals surface area contributed by atoms with Crippen LogP contribution in [0.15, 0.2) is 60.7 Å². The van der Waals surface area contributed by atoms with E-state index in [0.29, 0.717) is 12.5 Å². The third-order valence-electron chi connectivity index (χ3n) is 4.66. The fourth-order valence-corrected chi connectivity index (χ4v) is 3.46. The van der Waals surface area contributed by atoms with Crippen LogP contribution in [0.1, 0.15) is 18.6 Å². The highest BCUT2D eigenvalue weighted by molar-refractivity contribution is 5.48. The van der Waals surface area contributed by atoms with Crippen LogP contribution in [-0.2, 0) is 9.57 Å². The molecular formula is C18H19NO2. The van der Waals surface area contributed by atoms with Gasteiger partial charge >= 0.3 is 0 Å². The predicted octanol–water partition coefficient (Wildman–Crippen LogP) is 3.58. The molecule has 0 N–H and O–H groups in total. The van der Waals surface area contributed by atoms with E-state index in [9.17, 15) is 0 Å². The zero-order valence-electron chi connectivity index (χ0n) is 12.1. The lowest BCUT2D eigenvalue weighted by Crippen LogP contribution is -2.45. The zero-order valence-corrected chi connectivity index (χ0v) is 12.1. The average Bonchev–Trinajstić information content (AvgIpc) is 3.04. The number of rotatable bonds is 2. The van der Waals surface area contributed by atoms with E-state index in [1.165, 1.54) is 5.56 Å². The Balaban J connectivity index is 1.74. The van der Waals surface area contributed by atoms with Crippen molar-refractivity contribution in [3.63, 3.8) is 0 Å². The SMILES string of the molecule is C[C@@]12COC[C@@H]1[C@@H](c1ccccc1)ON2c1ccccc1. The molecule has 3 atom stereocenters. The van der Waals surface area contributed by atoms with E-state index in [1.54, 1.807) is 0 Å². The maximum Gasteiger partial charge on any atom is 0.118 e. The third-order valence-corrected chi connectivity index (χ3v) is 4.66. The molecule has 3 nitrogen and oxygen atoms in total.